The summed E-state index contributed by atoms with van der Waals surface area (Å²) in [5, 5.41) is 10.2. The Hall–Kier alpha value is -1.39. The van der Waals surface area contributed by atoms with Crippen LogP contribution in [0.5, 0.6) is 0 Å². The summed E-state index contributed by atoms with van der Waals surface area (Å²) >= 11 is 0. The van der Waals surface area contributed by atoms with Crippen LogP contribution in [-0.4, -0.2) is 16.6 Å². The van der Waals surface area contributed by atoms with Crippen LogP contribution >= 0.6 is 0 Å². The van der Waals surface area contributed by atoms with Crippen molar-refractivity contribution in [2.75, 3.05) is 6.54 Å². The van der Waals surface area contributed by atoms with Crippen LogP contribution in [0.25, 0.3) is 10.9 Å². The van der Waals surface area contributed by atoms with Gasteiger partial charge in [0.15, 0.2) is 5.82 Å². The molecule has 1 aromatic heterocycles. The molecular weight excluding hydrogens is 183 g/mol. The molecule has 1 atom stereocenters. The van der Waals surface area contributed by atoms with E-state index in [1.54, 1.807) is 24.4 Å². The van der Waals surface area contributed by atoms with Crippen LogP contribution in [0.3, 0.4) is 0 Å². The molecule has 0 saturated carbocycles. The lowest BCUT2D eigenvalue weighted by Crippen LogP contribution is -2.13. The first-order valence-electron chi connectivity index (χ1n) is 4.37. The van der Waals surface area contributed by atoms with Crippen LogP contribution in [-0.2, 0) is 0 Å². The highest BCUT2D eigenvalue weighted by Crippen LogP contribution is 2.23. The second kappa shape index (κ2) is 3.40. The van der Waals surface area contributed by atoms with Gasteiger partial charge in [-0.2, -0.15) is 0 Å². The van der Waals surface area contributed by atoms with Crippen molar-refractivity contribution in [3.05, 3.63) is 35.8 Å². The van der Waals surface area contributed by atoms with E-state index in [9.17, 15) is 9.50 Å². The maximum atomic E-state index is 13.7. The first-order valence-corrected chi connectivity index (χ1v) is 4.37. The Bertz CT molecular complexity index is 452. The third-order valence-corrected chi connectivity index (χ3v) is 2.28. The van der Waals surface area contributed by atoms with Gasteiger partial charge in [-0.25, -0.2) is 4.39 Å². The summed E-state index contributed by atoms with van der Waals surface area (Å²) < 4.78 is 13.7. The van der Waals surface area contributed by atoms with Crippen molar-refractivity contribution in [1.82, 2.24) is 4.98 Å². The minimum Gasteiger partial charge on any atom is -0.387 e. The predicted molar refractivity (Wildman–Crippen MR) is 52.3 cm³/mol. The van der Waals surface area contributed by atoms with Crippen molar-refractivity contribution in [1.29, 1.82) is 0 Å². The fourth-order valence-corrected chi connectivity index (χ4v) is 1.49. The van der Waals surface area contributed by atoms with E-state index in [1.807, 2.05) is 0 Å². The molecule has 0 aliphatic carbocycles. The molecule has 4 N–H and O–H groups in total. The van der Waals surface area contributed by atoms with E-state index in [0.717, 1.165) is 5.39 Å². The highest BCUT2D eigenvalue weighted by molar-refractivity contribution is 5.80. The Balaban J connectivity index is 2.61. The fraction of sp³-hybridized carbons (Fsp3) is 0.200. The summed E-state index contributed by atoms with van der Waals surface area (Å²) in [4.78, 5) is 2.78. The summed E-state index contributed by atoms with van der Waals surface area (Å²) in [6.07, 6.45) is 0.717. The number of aliphatic hydroxyl groups excluding tert-OH is 1. The molecule has 3 nitrogen and oxygen atoms in total. The zero-order chi connectivity index (χ0) is 10.1. The van der Waals surface area contributed by atoms with Gasteiger partial charge in [-0.3, -0.25) is 0 Å². The van der Waals surface area contributed by atoms with Crippen LogP contribution < -0.4 is 5.73 Å². The van der Waals surface area contributed by atoms with Crippen molar-refractivity contribution in [2.45, 2.75) is 6.10 Å². The number of fused-ring (bicyclic) bond motifs is 1. The summed E-state index contributed by atoms with van der Waals surface area (Å²) in [5.41, 5.74) is 5.92. The second-order valence-electron chi connectivity index (χ2n) is 3.16. The van der Waals surface area contributed by atoms with E-state index >= 15 is 0 Å². The second-order valence-corrected chi connectivity index (χ2v) is 3.16. The zero-order valence-electron chi connectivity index (χ0n) is 7.50. The average molecular weight is 194 g/mol. The number of nitrogens with two attached hydrogens (primary N) is 1. The van der Waals surface area contributed by atoms with Crippen LogP contribution in [0, 0.1) is 5.82 Å². The predicted octanol–water partition coefficient (Wildman–Crippen LogP) is 1.30. The topological polar surface area (TPSA) is 62.0 Å². The normalized spacial score (nSPS) is 13.4. The molecule has 0 aliphatic rings. The monoisotopic (exact) mass is 194 g/mol. The lowest BCUT2D eigenvalue weighted by atomic mass is 10.1. The maximum absolute atomic E-state index is 13.7. The van der Waals surface area contributed by atoms with E-state index in [1.165, 1.54) is 0 Å². The van der Waals surface area contributed by atoms with Crippen molar-refractivity contribution < 1.29 is 9.50 Å². The molecule has 0 fully saturated rings. The molecule has 74 valence electrons. The molecular formula is C10H11FN2O. The van der Waals surface area contributed by atoms with Crippen molar-refractivity contribution in [3.8, 4) is 0 Å². The van der Waals surface area contributed by atoms with Gasteiger partial charge in [0.25, 0.3) is 0 Å². The number of aromatic amines is 1. The molecule has 14 heavy (non-hydrogen) atoms. The molecule has 1 unspecified atom stereocenters. The molecule has 2 rings (SSSR count). The van der Waals surface area contributed by atoms with Gasteiger partial charge in [-0.1, -0.05) is 12.1 Å². The molecule has 0 amide bonds. The standard InChI is InChI=1S/C10H11FN2O/c11-9-7(8(14)5-12)2-1-6-3-4-13-10(6)9/h1-4,8,13-14H,5,12H2. The first kappa shape index (κ1) is 9.18. The molecule has 0 aliphatic heterocycles. The number of halogens is 1. The van der Waals surface area contributed by atoms with Gasteiger partial charge in [0.1, 0.15) is 0 Å². The number of nitrogens with one attached hydrogen (secondary N) is 1. The molecule has 2 aromatic rings. The average Bonchev–Trinajstić information content (AvgIpc) is 2.66. The quantitative estimate of drug-likeness (QED) is 0.674. The van der Waals surface area contributed by atoms with Crippen molar-refractivity contribution in [3.63, 3.8) is 0 Å². The van der Waals surface area contributed by atoms with Gasteiger partial charge in [0, 0.05) is 23.7 Å². The van der Waals surface area contributed by atoms with E-state index in [4.69, 9.17) is 5.73 Å². The molecule has 1 heterocycles. The Kier molecular flexibility index (Phi) is 2.23. The lowest BCUT2D eigenvalue weighted by Gasteiger charge is -2.09. The Morgan fingerprint density at radius 2 is 2.21 bits per heavy atom. The fourth-order valence-electron chi connectivity index (χ4n) is 1.49. The van der Waals surface area contributed by atoms with Crippen LogP contribution in [0.1, 0.15) is 11.7 Å². The highest BCUT2D eigenvalue weighted by Gasteiger charge is 2.13. The van der Waals surface area contributed by atoms with E-state index in [-0.39, 0.29) is 12.1 Å². The number of benzene rings is 1. The molecule has 1 aromatic carbocycles. The Morgan fingerprint density at radius 3 is 2.93 bits per heavy atom. The van der Waals surface area contributed by atoms with Crippen LogP contribution in [0.4, 0.5) is 4.39 Å². The number of hydrogen-bond donors (Lipinski definition) is 3. The van der Waals surface area contributed by atoms with E-state index < -0.39 is 11.9 Å². The number of H-pyrrole nitrogens is 1. The number of aliphatic hydroxyl groups is 1. The minimum absolute atomic E-state index is 0.0170. The number of rotatable bonds is 2. The first-order chi connectivity index (χ1) is 6.74. The van der Waals surface area contributed by atoms with Crippen LogP contribution in [0.2, 0.25) is 0 Å². The number of hydrogen-bond acceptors (Lipinski definition) is 2. The maximum Gasteiger partial charge on any atom is 0.153 e. The smallest absolute Gasteiger partial charge is 0.153 e. The van der Waals surface area contributed by atoms with Crippen molar-refractivity contribution >= 4 is 10.9 Å². The van der Waals surface area contributed by atoms with Gasteiger partial charge >= 0.3 is 0 Å². The van der Waals surface area contributed by atoms with E-state index in [2.05, 4.69) is 4.98 Å². The van der Waals surface area contributed by atoms with Gasteiger partial charge in [-0.15, -0.1) is 0 Å². The summed E-state index contributed by atoms with van der Waals surface area (Å²) in [6, 6.07) is 5.09. The Labute approximate surface area is 80.4 Å². The SMILES string of the molecule is NCC(O)c1ccc2cc[nH]c2c1F. The lowest BCUT2D eigenvalue weighted by molar-refractivity contribution is 0.182. The van der Waals surface area contributed by atoms with Crippen molar-refractivity contribution in [2.24, 2.45) is 5.73 Å². The Morgan fingerprint density at radius 1 is 1.43 bits per heavy atom. The van der Waals surface area contributed by atoms with Gasteiger partial charge in [0.2, 0.25) is 0 Å². The number of aromatic nitrogens is 1. The van der Waals surface area contributed by atoms with Crippen LogP contribution in [0.15, 0.2) is 24.4 Å². The van der Waals surface area contributed by atoms with E-state index in [0.29, 0.717) is 5.52 Å². The largest absolute Gasteiger partial charge is 0.387 e. The molecule has 0 bridgehead atoms. The molecule has 0 saturated heterocycles. The summed E-state index contributed by atoms with van der Waals surface area (Å²) in [5.74, 6) is -0.426. The highest BCUT2D eigenvalue weighted by atomic mass is 19.1. The molecule has 0 spiro atoms. The molecule has 0 radical (unpaired) electrons. The van der Waals surface area contributed by atoms with Gasteiger partial charge in [0.05, 0.1) is 11.6 Å². The molecule has 4 heteroatoms. The zero-order valence-corrected chi connectivity index (χ0v) is 7.50. The summed E-state index contributed by atoms with van der Waals surface area (Å²) in [6.45, 7) is 0.0170. The summed E-state index contributed by atoms with van der Waals surface area (Å²) in [7, 11) is 0. The third kappa shape index (κ3) is 1.29. The van der Waals surface area contributed by atoms with Gasteiger partial charge < -0.3 is 15.8 Å². The van der Waals surface area contributed by atoms with Gasteiger partial charge in [-0.05, 0) is 6.07 Å². The minimum atomic E-state index is -0.942. The third-order valence-electron chi connectivity index (χ3n) is 2.28.